The third-order valence-electron chi connectivity index (χ3n) is 3.24. The lowest BCUT2D eigenvalue weighted by molar-refractivity contribution is -0.137. The molecule has 0 unspecified atom stereocenters. The molecule has 1 aliphatic rings. The molecule has 2 amide bonds. The Kier molecular flexibility index (Phi) is 4.57. The molecule has 21 heavy (non-hydrogen) atoms. The van der Waals surface area contributed by atoms with Crippen LogP contribution in [0.25, 0.3) is 0 Å². The molecule has 1 saturated carbocycles. The molecule has 1 aromatic carbocycles. The molecule has 0 bridgehead atoms. The van der Waals surface area contributed by atoms with E-state index in [1.54, 1.807) is 29.2 Å². The molecule has 0 aliphatic heterocycles. The summed E-state index contributed by atoms with van der Waals surface area (Å²) in [5.41, 5.74) is 1.01. The Bertz CT molecular complexity index is 567. The van der Waals surface area contributed by atoms with Crippen molar-refractivity contribution < 1.29 is 19.5 Å². The first-order chi connectivity index (χ1) is 9.97. The molecule has 112 valence electrons. The maximum Gasteiger partial charge on any atom is 0.305 e. The van der Waals surface area contributed by atoms with E-state index < -0.39 is 5.97 Å². The third-order valence-corrected chi connectivity index (χ3v) is 3.24. The molecule has 0 atom stereocenters. The van der Waals surface area contributed by atoms with Crippen LogP contribution in [0, 0.1) is 0 Å². The highest BCUT2D eigenvalue weighted by molar-refractivity contribution is 5.97. The predicted octanol–water partition coefficient (Wildman–Crippen LogP) is 1.72. The zero-order valence-electron chi connectivity index (χ0n) is 11.8. The second-order valence-electron chi connectivity index (χ2n) is 5.14. The molecule has 2 N–H and O–H groups in total. The van der Waals surface area contributed by atoms with Gasteiger partial charge in [-0.05, 0) is 31.0 Å². The quantitative estimate of drug-likeness (QED) is 0.835. The monoisotopic (exact) mass is 290 g/mol. The summed E-state index contributed by atoms with van der Waals surface area (Å²) in [5, 5.41) is 11.4. The Morgan fingerprint density at radius 2 is 2.05 bits per heavy atom. The fourth-order valence-electron chi connectivity index (χ4n) is 2.15. The number of nitrogens with zero attached hydrogens (tertiary/aromatic N) is 1. The molecule has 0 heterocycles. The highest BCUT2D eigenvalue weighted by Gasteiger charge is 2.33. The number of carboxylic acid groups (broad SMARTS) is 1. The molecule has 0 spiro atoms. The number of aliphatic carboxylic acids is 1. The van der Waals surface area contributed by atoms with E-state index in [4.69, 9.17) is 5.11 Å². The molecular formula is C15H18N2O4. The van der Waals surface area contributed by atoms with E-state index in [0.29, 0.717) is 11.3 Å². The highest BCUT2D eigenvalue weighted by atomic mass is 16.4. The summed E-state index contributed by atoms with van der Waals surface area (Å²) >= 11 is 0. The molecule has 1 aliphatic carbocycles. The van der Waals surface area contributed by atoms with E-state index in [-0.39, 0.29) is 30.8 Å². The number of hydrogen-bond donors (Lipinski definition) is 2. The van der Waals surface area contributed by atoms with E-state index in [1.807, 2.05) is 0 Å². The molecule has 0 radical (unpaired) electrons. The van der Waals surface area contributed by atoms with Gasteiger partial charge in [0.1, 0.15) is 0 Å². The Morgan fingerprint density at radius 3 is 2.62 bits per heavy atom. The lowest BCUT2D eigenvalue weighted by atomic mass is 10.1. The Morgan fingerprint density at radius 1 is 1.33 bits per heavy atom. The van der Waals surface area contributed by atoms with Crippen molar-refractivity contribution in [2.75, 3.05) is 11.9 Å². The molecule has 0 saturated heterocycles. The molecule has 6 heteroatoms. The van der Waals surface area contributed by atoms with Crippen LogP contribution in [0.4, 0.5) is 5.69 Å². The highest BCUT2D eigenvalue weighted by Crippen LogP contribution is 2.28. The fraction of sp³-hybridized carbons (Fsp3) is 0.400. The smallest absolute Gasteiger partial charge is 0.305 e. The van der Waals surface area contributed by atoms with Crippen molar-refractivity contribution in [1.82, 2.24) is 4.90 Å². The summed E-state index contributed by atoms with van der Waals surface area (Å²) in [4.78, 5) is 35.9. The summed E-state index contributed by atoms with van der Waals surface area (Å²) in [7, 11) is 0. The molecule has 6 nitrogen and oxygen atoms in total. The standard InChI is InChI=1S/C15H18N2O4/c1-10(18)16-12-4-2-3-11(9-12)15(21)17(13-5-6-13)8-7-14(19)20/h2-4,9,13H,5-8H2,1H3,(H,16,18)(H,19,20). The van der Waals surface area contributed by atoms with Crippen LogP contribution in [0.1, 0.15) is 36.5 Å². The number of hydrogen-bond acceptors (Lipinski definition) is 3. The van der Waals surface area contributed by atoms with Gasteiger partial charge in [-0.2, -0.15) is 0 Å². The number of rotatable bonds is 6. The first kappa shape index (κ1) is 15.0. The summed E-state index contributed by atoms with van der Waals surface area (Å²) in [6, 6.07) is 6.82. The molecule has 1 fully saturated rings. The van der Waals surface area contributed by atoms with Crippen molar-refractivity contribution in [2.45, 2.75) is 32.2 Å². The maximum absolute atomic E-state index is 12.5. The van der Waals surface area contributed by atoms with Crippen molar-refractivity contribution >= 4 is 23.5 Å². The van der Waals surface area contributed by atoms with E-state index in [0.717, 1.165) is 12.8 Å². The minimum atomic E-state index is -0.916. The van der Waals surface area contributed by atoms with Crippen molar-refractivity contribution in [3.8, 4) is 0 Å². The number of benzene rings is 1. The van der Waals surface area contributed by atoms with Gasteiger partial charge in [0.25, 0.3) is 5.91 Å². The van der Waals surface area contributed by atoms with Gasteiger partial charge < -0.3 is 15.3 Å². The zero-order valence-corrected chi connectivity index (χ0v) is 11.8. The average molecular weight is 290 g/mol. The lowest BCUT2D eigenvalue weighted by Gasteiger charge is -2.22. The van der Waals surface area contributed by atoms with Crippen LogP contribution in [0.3, 0.4) is 0 Å². The SMILES string of the molecule is CC(=O)Nc1cccc(C(=O)N(CCC(=O)O)C2CC2)c1. The zero-order chi connectivity index (χ0) is 15.4. The van der Waals surface area contributed by atoms with Crippen LogP contribution in [-0.4, -0.2) is 40.4 Å². The first-order valence-electron chi connectivity index (χ1n) is 6.88. The van der Waals surface area contributed by atoms with Crippen molar-refractivity contribution in [3.05, 3.63) is 29.8 Å². The van der Waals surface area contributed by atoms with Crippen molar-refractivity contribution in [1.29, 1.82) is 0 Å². The van der Waals surface area contributed by atoms with Gasteiger partial charge in [-0.15, -0.1) is 0 Å². The number of carboxylic acids is 1. The van der Waals surface area contributed by atoms with Gasteiger partial charge in [-0.1, -0.05) is 6.07 Å². The molecule has 2 rings (SSSR count). The predicted molar refractivity (Wildman–Crippen MR) is 77.1 cm³/mol. The van der Waals surface area contributed by atoms with Gasteiger partial charge in [0.05, 0.1) is 6.42 Å². The maximum atomic E-state index is 12.5. The largest absolute Gasteiger partial charge is 0.481 e. The normalized spacial score (nSPS) is 13.6. The van der Waals surface area contributed by atoms with Crippen LogP contribution in [0.15, 0.2) is 24.3 Å². The van der Waals surface area contributed by atoms with Gasteiger partial charge in [0.15, 0.2) is 0 Å². The van der Waals surface area contributed by atoms with Crippen molar-refractivity contribution in [3.63, 3.8) is 0 Å². The fourth-order valence-corrected chi connectivity index (χ4v) is 2.15. The minimum absolute atomic E-state index is 0.0619. The van der Waals surface area contributed by atoms with E-state index in [1.165, 1.54) is 6.92 Å². The number of carbonyl (C=O) groups excluding carboxylic acids is 2. The van der Waals surface area contributed by atoms with Gasteiger partial charge in [0, 0.05) is 30.8 Å². The molecular weight excluding hydrogens is 272 g/mol. The van der Waals surface area contributed by atoms with Gasteiger partial charge in [-0.3, -0.25) is 14.4 Å². The lowest BCUT2D eigenvalue weighted by Crippen LogP contribution is -2.35. The van der Waals surface area contributed by atoms with Crippen LogP contribution >= 0.6 is 0 Å². The second kappa shape index (κ2) is 6.39. The Labute approximate surface area is 122 Å². The summed E-state index contributed by atoms with van der Waals surface area (Å²) in [5.74, 6) is -1.31. The summed E-state index contributed by atoms with van der Waals surface area (Å²) < 4.78 is 0. The minimum Gasteiger partial charge on any atom is -0.481 e. The van der Waals surface area contributed by atoms with Gasteiger partial charge in [0.2, 0.25) is 5.91 Å². The third kappa shape index (κ3) is 4.30. The van der Waals surface area contributed by atoms with Gasteiger partial charge in [-0.25, -0.2) is 0 Å². The molecule has 1 aromatic rings. The second-order valence-corrected chi connectivity index (χ2v) is 5.14. The summed E-state index contributed by atoms with van der Waals surface area (Å²) in [6.07, 6.45) is 1.76. The Balaban J connectivity index is 2.12. The van der Waals surface area contributed by atoms with Crippen molar-refractivity contribution in [2.24, 2.45) is 0 Å². The average Bonchev–Trinajstić information content (AvgIpc) is 3.22. The van der Waals surface area contributed by atoms with E-state index in [9.17, 15) is 14.4 Å². The van der Waals surface area contributed by atoms with Crippen LogP contribution in [0.2, 0.25) is 0 Å². The van der Waals surface area contributed by atoms with Crippen LogP contribution in [0.5, 0.6) is 0 Å². The topological polar surface area (TPSA) is 86.7 Å². The number of amides is 2. The number of carbonyl (C=O) groups is 3. The summed E-state index contributed by atoms with van der Waals surface area (Å²) in [6.45, 7) is 1.61. The Hall–Kier alpha value is -2.37. The van der Waals surface area contributed by atoms with E-state index in [2.05, 4.69) is 5.32 Å². The van der Waals surface area contributed by atoms with Crippen LogP contribution < -0.4 is 5.32 Å². The van der Waals surface area contributed by atoms with Crippen LogP contribution in [-0.2, 0) is 9.59 Å². The first-order valence-corrected chi connectivity index (χ1v) is 6.88. The van der Waals surface area contributed by atoms with Gasteiger partial charge >= 0.3 is 5.97 Å². The number of anilines is 1. The van der Waals surface area contributed by atoms with E-state index >= 15 is 0 Å². The molecule has 0 aromatic heterocycles. The number of nitrogens with one attached hydrogen (secondary N) is 1.